The SMILES string of the molecule is CCOCCOc1cc(C)ccc1CNC(=NC)NCc1nc(-c2ccccc2)cs1. The van der Waals surface area contributed by atoms with Gasteiger partial charge < -0.3 is 20.1 Å². The number of benzene rings is 2. The van der Waals surface area contributed by atoms with E-state index in [9.17, 15) is 0 Å². The van der Waals surface area contributed by atoms with Gasteiger partial charge in [-0.15, -0.1) is 11.3 Å². The van der Waals surface area contributed by atoms with Gasteiger partial charge in [0.05, 0.1) is 18.8 Å². The van der Waals surface area contributed by atoms with E-state index in [0.717, 1.165) is 39.1 Å². The van der Waals surface area contributed by atoms with Gasteiger partial charge in [-0.1, -0.05) is 42.5 Å². The van der Waals surface area contributed by atoms with Crippen molar-refractivity contribution in [3.05, 3.63) is 70.0 Å². The fraction of sp³-hybridized carbons (Fsp3) is 0.333. The Morgan fingerprint density at radius 3 is 2.65 bits per heavy atom. The smallest absolute Gasteiger partial charge is 0.191 e. The largest absolute Gasteiger partial charge is 0.491 e. The maximum Gasteiger partial charge on any atom is 0.191 e. The van der Waals surface area contributed by atoms with E-state index in [2.05, 4.69) is 58.3 Å². The molecule has 0 spiro atoms. The van der Waals surface area contributed by atoms with Crippen LogP contribution in [0.1, 0.15) is 23.1 Å². The second-order valence-electron chi connectivity index (χ2n) is 6.93. The number of aryl methyl sites for hydroxylation is 1. The van der Waals surface area contributed by atoms with Gasteiger partial charge in [-0.3, -0.25) is 4.99 Å². The monoisotopic (exact) mass is 438 g/mol. The number of nitrogens with one attached hydrogen (secondary N) is 2. The maximum absolute atomic E-state index is 5.93. The molecule has 0 atom stereocenters. The molecule has 31 heavy (non-hydrogen) atoms. The summed E-state index contributed by atoms with van der Waals surface area (Å²) >= 11 is 1.64. The van der Waals surface area contributed by atoms with Crippen molar-refractivity contribution >= 4 is 17.3 Å². The molecule has 3 aromatic rings. The average Bonchev–Trinajstić information content (AvgIpc) is 3.27. The minimum absolute atomic E-state index is 0.533. The molecule has 1 aromatic heterocycles. The van der Waals surface area contributed by atoms with Gasteiger partial charge in [0, 0.05) is 36.7 Å². The topological polar surface area (TPSA) is 67.8 Å². The number of rotatable bonds is 10. The Labute approximate surface area is 188 Å². The van der Waals surface area contributed by atoms with Crippen molar-refractivity contribution in [2.45, 2.75) is 26.9 Å². The number of hydrogen-bond donors (Lipinski definition) is 2. The van der Waals surface area contributed by atoms with Crippen molar-refractivity contribution in [2.24, 2.45) is 4.99 Å². The van der Waals surface area contributed by atoms with Crippen LogP contribution in [0.25, 0.3) is 11.3 Å². The number of thiazole rings is 1. The van der Waals surface area contributed by atoms with E-state index < -0.39 is 0 Å². The second-order valence-corrected chi connectivity index (χ2v) is 7.87. The van der Waals surface area contributed by atoms with E-state index in [-0.39, 0.29) is 0 Å². The summed E-state index contributed by atoms with van der Waals surface area (Å²) in [5.74, 6) is 1.59. The van der Waals surface area contributed by atoms with Crippen LogP contribution in [-0.2, 0) is 17.8 Å². The van der Waals surface area contributed by atoms with Crippen LogP contribution in [0.4, 0.5) is 0 Å². The lowest BCUT2D eigenvalue weighted by atomic mass is 10.1. The van der Waals surface area contributed by atoms with Crippen molar-refractivity contribution in [3.63, 3.8) is 0 Å². The Morgan fingerprint density at radius 2 is 1.87 bits per heavy atom. The summed E-state index contributed by atoms with van der Waals surface area (Å²) in [6.07, 6.45) is 0. The highest BCUT2D eigenvalue weighted by molar-refractivity contribution is 7.09. The zero-order chi connectivity index (χ0) is 21.9. The van der Waals surface area contributed by atoms with Crippen LogP contribution < -0.4 is 15.4 Å². The molecule has 2 aromatic carbocycles. The molecule has 0 radical (unpaired) electrons. The first-order chi connectivity index (χ1) is 15.2. The fourth-order valence-electron chi connectivity index (χ4n) is 2.99. The Hall–Kier alpha value is -2.90. The highest BCUT2D eigenvalue weighted by atomic mass is 32.1. The maximum atomic E-state index is 5.93. The lowest BCUT2D eigenvalue weighted by molar-refractivity contribution is 0.110. The Kier molecular flexibility index (Phi) is 8.87. The van der Waals surface area contributed by atoms with Gasteiger partial charge in [-0.25, -0.2) is 4.98 Å². The summed E-state index contributed by atoms with van der Waals surface area (Å²) in [7, 11) is 1.77. The molecule has 0 saturated carbocycles. The number of aromatic nitrogens is 1. The van der Waals surface area contributed by atoms with Crippen molar-refractivity contribution in [2.75, 3.05) is 26.9 Å². The molecule has 0 aliphatic heterocycles. The van der Waals surface area contributed by atoms with Crippen LogP contribution in [-0.4, -0.2) is 37.8 Å². The summed E-state index contributed by atoms with van der Waals surface area (Å²) in [5, 5.41) is 9.79. The van der Waals surface area contributed by atoms with Gasteiger partial charge in [-0.05, 0) is 25.5 Å². The first-order valence-corrected chi connectivity index (χ1v) is 11.3. The summed E-state index contributed by atoms with van der Waals surface area (Å²) in [4.78, 5) is 9.05. The Bertz CT molecular complexity index is 973. The number of guanidine groups is 1. The van der Waals surface area contributed by atoms with E-state index in [4.69, 9.17) is 14.5 Å². The van der Waals surface area contributed by atoms with Crippen molar-refractivity contribution in [1.29, 1.82) is 0 Å². The molecule has 0 amide bonds. The number of ether oxygens (including phenoxy) is 2. The molecule has 6 nitrogen and oxygen atoms in total. The van der Waals surface area contributed by atoms with Crippen LogP contribution >= 0.6 is 11.3 Å². The highest BCUT2D eigenvalue weighted by Crippen LogP contribution is 2.22. The van der Waals surface area contributed by atoms with E-state index >= 15 is 0 Å². The molecule has 3 rings (SSSR count). The second kappa shape index (κ2) is 12.1. The molecule has 1 heterocycles. The van der Waals surface area contributed by atoms with Gasteiger partial charge >= 0.3 is 0 Å². The molecule has 0 aliphatic rings. The molecule has 0 saturated heterocycles. The van der Waals surface area contributed by atoms with Crippen LogP contribution in [0.2, 0.25) is 0 Å². The number of nitrogens with zero attached hydrogens (tertiary/aromatic N) is 2. The molecule has 7 heteroatoms. The molecule has 164 valence electrons. The normalized spacial score (nSPS) is 11.4. The zero-order valence-electron chi connectivity index (χ0n) is 18.4. The zero-order valence-corrected chi connectivity index (χ0v) is 19.2. The minimum Gasteiger partial charge on any atom is -0.491 e. The molecule has 0 aliphatic carbocycles. The van der Waals surface area contributed by atoms with Crippen molar-refractivity contribution in [1.82, 2.24) is 15.6 Å². The number of hydrogen-bond acceptors (Lipinski definition) is 5. The van der Waals surface area contributed by atoms with Gasteiger partial charge in [0.2, 0.25) is 0 Å². The fourth-order valence-corrected chi connectivity index (χ4v) is 3.73. The van der Waals surface area contributed by atoms with Gasteiger partial charge in [0.15, 0.2) is 5.96 Å². The third-order valence-corrected chi connectivity index (χ3v) is 5.46. The molecule has 2 N–H and O–H groups in total. The Morgan fingerprint density at radius 1 is 1.06 bits per heavy atom. The van der Waals surface area contributed by atoms with Gasteiger partial charge in [0.1, 0.15) is 17.4 Å². The van der Waals surface area contributed by atoms with E-state index in [0.29, 0.717) is 32.9 Å². The van der Waals surface area contributed by atoms with Crippen molar-refractivity contribution < 1.29 is 9.47 Å². The number of aliphatic imine (C=N–C) groups is 1. The molecule has 0 unspecified atom stereocenters. The summed E-state index contributed by atoms with van der Waals surface area (Å²) in [6, 6.07) is 16.4. The molecular weight excluding hydrogens is 408 g/mol. The van der Waals surface area contributed by atoms with Gasteiger partial charge in [-0.2, -0.15) is 0 Å². The molecule has 0 fully saturated rings. The lowest BCUT2D eigenvalue weighted by Gasteiger charge is -2.15. The minimum atomic E-state index is 0.533. The third-order valence-electron chi connectivity index (χ3n) is 4.61. The summed E-state index contributed by atoms with van der Waals surface area (Å²) < 4.78 is 11.3. The van der Waals surface area contributed by atoms with E-state index in [1.54, 1.807) is 18.4 Å². The Balaban J connectivity index is 1.53. The standard InChI is InChI=1S/C24H30N4O2S/c1-4-29-12-13-30-22-14-18(2)10-11-20(22)15-26-24(25-3)27-16-23-28-21(17-31-23)19-8-6-5-7-9-19/h5-11,14,17H,4,12-13,15-16H2,1-3H3,(H2,25,26,27). The van der Waals surface area contributed by atoms with Crippen LogP contribution in [0, 0.1) is 6.92 Å². The molecule has 0 bridgehead atoms. The van der Waals surface area contributed by atoms with Crippen molar-refractivity contribution in [3.8, 4) is 17.0 Å². The predicted molar refractivity (Wildman–Crippen MR) is 128 cm³/mol. The first kappa shape index (κ1) is 22.8. The van der Waals surface area contributed by atoms with E-state index in [1.807, 2.05) is 25.1 Å². The van der Waals surface area contributed by atoms with Crippen LogP contribution in [0.15, 0.2) is 58.9 Å². The van der Waals surface area contributed by atoms with Crippen LogP contribution in [0.5, 0.6) is 5.75 Å². The van der Waals surface area contributed by atoms with E-state index in [1.165, 1.54) is 0 Å². The summed E-state index contributed by atoms with van der Waals surface area (Å²) in [5.41, 5.74) is 4.36. The highest BCUT2D eigenvalue weighted by Gasteiger charge is 2.08. The van der Waals surface area contributed by atoms with Gasteiger partial charge in [0.25, 0.3) is 0 Å². The summed E-state index contributed by atoms with van der Waals surface area (Å²) in [6.45, 7) is 7.07. The predicted octanol–water partition coefficient (Wildman–Crippen LogP) is 4.40. The molecular formula is C24H30N4O2S. The lowest BCUT2D eigenvalue weighted by Crippen LogP contribution is -2.36. The third kappa shape index (κ3) is 7.08. The van der Waals surface area contributed by atoms with Crippen LogP contribution in [0.3, 0.4) is 0 Å². The average molecular weight is 439 g/mol. The first-order valence-electron chi connectivity index (χ1n) is 10.4. The quantitative estimate of drug-likeness (QED) is 0.279.